The first-order valence-corrected chi connectivity index (χ1v) is 9.51. The molecule has 6 heteroatoms. The van der Waals surface area contributed by atoms with Crippen molar-refractivity contribution in [2.75, 3.05) is 6.61 Å². The number of ether oxygens (including phenoxy) is 1. The quantitative estimate of drug-likeness (QED) is 0.454. The predicted molar refractivity (Wildman–Crippen MR) is 106 cm³/mol. The maximum Gasteiger partial charge on any atom is 0.262 e. The van der Waals surface area contributed by atoms with Gasteiger partial charge in [-0.05, 0) is 36.2 Å². The molecule has 4 aromatic rings. The van der Waals surface area contributed by atoms with Crippen LogP contribution in [-0.4, -0.2) is 16.2 Å². The van der Waals surface area contributed by atoms with E-state index in [4.69, 9.17) is 4.74 Å². The Morgan fingerprint density at radius 2 is 1.85 bits per heavy atom. The summed E-state index contributed by atoms with van der Waals surface area (Å²) in [5.41, 5.74) is 1.90. The van der Waals surface area contributed by atoms with Gasteiger partial charge in [0.15, 0.2) is 0 Å². The van der Waals surface area contributed by atoms with Crippen LogP contribution in [0.1, 0.15) is 6.42 Å². The largest absolute Gasteiger partial charge is 0.494 e. The summed E-state index contributed by atoms with van der Waals surface area (Å²) in [6.45, 7) is 0.943. The number of fused-ring (bicyclic) bond motifs is 1. The third kappa shape index (κ3) is 3.75. The molecule has 4 nitrogen and oxygen atoms in total. The molecule has 2 aromatic carbocycles. The zero-order valence-electron chi connectivity index (χ0n) is 14.5. The van der Waals surface area contributed by atoms with Crippen LogP contribution in [0.25, 0.3) is 21.3 Å². The average Bonchev–Trinajstić information content (AvgIpc) is 3.14. The van der Waals surface area contributed by atoms with Crippen molar-refractivity contribution in [3.8, 4) is 16.9 Å². The Labute approximate surface area is 159 Å². The van der Waals surface area contributed by atoms with Crippen molar-refractivity contribution in [1.29, 1.82) is 0 Å². The number of benzene rings is 2. The molecule has 0 bridgehead atoms. The Morgan fingerprint density at radius 1 is 1.07 bits per heavy atom. The monoisotopic (exact) mass is 380 g/mol. The van der Waals surface area contributed by atoms with E-state index < -0.39 is 0 Å². The third-order valence-electron chi connectivity index (χ3n) is 4.27. The molecule has 0 atom stereocenters. The van der Waals surface area contributed by atoms with Crippen LogP contribution in [0.3, 0.4) is 0 Å². The highest BCUT2D eigenvalue weighted by atomic mass is 32.1. The zero-order valence-corrected chi connectivity index (χ0v) is 15.3. The van der Waals surface area contributed by atoms with Gasteiger partial charge in [0, 0.05) is 17.5 Å². The molecule has 2 heterocycles. The lowest BCUT2D eigenvalue weighted by molar-refractivity contribution is 0.300. The van der Waals surface area contributed by atoms with Crippen LogP contribution in [0.4, 0.5) is 4.39 Å². The van der Waals surface area contributed by atoms with Gasteiger partial charge >= 0.3 is 0 Å². The molecule has 0 aliphatic rings. The second-order valence-electron chi connectivity index (χ2n) is 6.09. The van der Waals surface area contributed by atoms with E-state index in [1.165, 1.54) is 23.5 Å². The van der Waals surface area contributed by atoms with E-state index in [-0.39, 0.29) is 11.4 Å². The van der Waals surface area contributed by atoms with Gasteiger partial charge in [-0.2, -0.15) is 0 Å². The first kappa shape index (κ1) is 17.4. The molecule has 0 aliphatic heterocycles. The fourth-order valence-corrected chi connectivity index (χ4v) is 3.82. The van der Waals surface area contributed by atoms with Gasteiger partial charge in [-0.25, -0.2) is 9.37 Å². The van der Waals surface area contributed by atoms with Gasteiger partial charge in [-0.15, -0.1) is 11.3 Å². The first-order valence-electron chi connectivity index (χ1n) is 8.63. The number of nitrogens with zero attached hydrogens (tertiary/aromatic N) is 2. The lowest BCUT2D eigenvalue weighted by Crippen LogP contribution is -2.21. The average molecular weight is 380 g/mol. The highest BCUT2D eigenvalue weighted by molar-refractivity contribution is 7.17. The molecule has 0 saturated heterocycles. The van der Waals surface area contributed by atoms with E-state index in [2.05, 4.69) is 4.98 Å². The lowest BCUT2D eigenvalue weighted by Gasteiger charge is -2.08. The summed E-state index contributed by atoms with van der Waals surface area (Å²) in [7, 11) is 0. The summed E-state index contributed by atoms with van der Waals surface area (Å²) in [5, 5.41) is 2.64. The molecule has 0 amide bonds. The number of halogens is 1. The maximum absolute atomic E-state index is 12.9. The van der Waals surface area contributed by atoms with Crippen molar-refractivity contribution in [1.82, 2.24) is 9.55 Å². The van der Waals surface area contributed by atoms with Crippen LogP contribution in [-0.2, 0) is 6.54 Å². The summed E-state index contributed by atoms with van der Waals surface area (Å²) in [6, 6.07) is 15.8. The number of aromatic nitrogens is 2. The van der Waals surface area contributed by atoms with Gasteiger partial charge in [-0.3, -0.25) is 9.36 Å². The minimum absolute atomic E-state index is 0.0399. The number of hydrogen-bond acceptors (Lipinski definition) is 4. The van der Waals surface area contributed by atoms with Crippen LogP contribution < -0.4 is 10.3 Å². The molecule has 0 aliphatic carbocycles. The lowest BCUT2D eigenvalue weighted by atomic mass is 10.1. The highest BCUT2D eigenvalue weighted by Crippen LogP contribution is 2.30. The number of thiophene rings is 1. The van der Waals surface area contributed by atoms with Gasteiger partial charge in [-0.1, -0.05) is 30.3 Å². The summed E-state index contributed by atoms with van der Waals surface area (Å²) in [4.78, 5) is 18.1. The molecule has 0 saturated carbocycles. The topological polar surface area (TPSA) is 44.1 Å². The van der Waals surface area contributed by atoms with Crippen molar-refractivity contribution in [3.05, 3.63) is 82.5 Å². The molecule has 0 fully saturated rings. The van der Waals surface area contributed by atoms with Gasteiger partial charge in [0.1, 0.15) is 16.4 Å². The number of aryl methyl sites for hydroxylation is 1. The molecule has 136 valence electrons. The fraction of sp³-hybridized carbons (Fsp3) is 0.143. The van der Waals surface area contributed by atoms with E-state index >= 15 is 0 Å². The van der Waals surface area contributed by atoms with Crippen LogP contribution in [0.15, 0.2) is 71.1 Å². The maximum atomic E-state index is 12.9. The predicted octanol–water partition coefficient (Wildman–Crippen LogP) is 4.73. The molecule has 4 rings (SSSR count). The third-order valence-corrected chi connectivity index (χ3v) is 5.16. The molecular formula is C21H17FN2O2S. The summed E-state index contributed by atoms with van der Waals surface area (Å²) in [6.07, 6.45) is 2.24. The SMILES string of the molecule is O=c1c2c(-c3ccccc3)csc2ncn1CCCOc1ccc(F)cc1. The van der Waals surface area contributed by atoms with E-state index in [1.807, 2.05) is 35.7 Å². The van der Waals surface area contributed by atoms with E-state index in [1.54, 1.807) is 23.0 Å². The van der Waals surface area contributed by atoms with Gasteiger partial charge in [0.2, 0.25) is 0 Å². The second-order valence-corrected chi connectivity index (χ2v) is 6.95. The van der Waals surface area contributed by atoms with Gasteiger partial charge < -0.3 is 4.74 Å². The summed E-state index contributed by atoms with van der Waals surface area (Å²) < 4.78 is 20.1. The Morgan fingerprint density at radius 3 is 2.63 bits per heavy atom. The Hall–Kier alpha value is -2.99. The van der Waals surface area contributed by atoms with E-state index in [0.29, 0.717) is 30.7 Å². The molecule has 0 unspecified atom stereocenters. The van der Waals surface area contributed by atoms with Crippen molar-refractivity contribution >= 4 is 21.6 Å². The first-order chi connectivity index (χ1) is 13.2. The number of rotatable bonds is 6. The van der Waals surface area contributed by atoms with E-state index in [0.717, 1.165) is 16.0 Å². The van der Waals surface area contributed by atoms with Crippen molar-refractivity contribution in [2.24, 2.45) is 0 Å². The summed E-state index contributed by atoms with van der Waals surface area (Å²) >= 11 is 1.48. The van der Waals surface area contributed by atoms with Crippen LogP contribution in [0.5, 0.6) is 5.75 Å². The Balaban J connectivity index is 1.50. The van der Waals surface area contributed by atoms with Crippen molar-refractivity contribution in [2.45, 2.75) is 13.0 Å². The zero-order chi connectivity index (χ0) is 18.6. The molecule has 27 heavy (non-hydrogen) atoms. The Kier molecular flexibility index (Phi) is 4.98. The standard InChI is InChI=1S/C21H17FN2O2S/c22-16-7-9-17(10-8-16)26-12-4-11-24-14-23-20-19(21(24)25)18(13-27-20)15-5-2-1-3-6-15/h1-3,5-10,13-14H,4,11-12H2. The minimum atomic E-state index is -0.293. The highest BCUT2D eigenvalue weighted by Gasteiger charge is 2.13. The summed E-state index contributed by atoms with van der Waals surface area (Å²) in [5.74, 6) is 0.319. The van der Waals surface area contributed by atoms with E-state index in [9.17, 15) is 9.18 Å². The molecule has 0 spiro atoms. The van der Waals surface area contributed by atoms with Crippen LogP contribution in [0, 0.1) is 5.82 Å². The van der Waals surface area contributed by atoms with Gasteiger partial charge in [0.25, 0.3) is 5.56 Å². The van der Waals surface area contributed by atoms with Crippen molar-refractivity contribution < 1.29 is 9.13 Å². The van der Waals surface area contributed by atoms with Gasteiger partial charge in [0.05, 0.1) is 18.3 Å². The Bertz CT molecular complexity index is 1100. The minimum Gasteiger partial charge on any atom is -0.494 e. The number of hydrogen-bond donors (Lipinski definition) is 0. The molecule has 0 N–H and O–H groups in total. The van der Waals surface area contributed by atoms with Crippen LogP contribution in [0.2, 0.25) is 0 Å². The smallest absolute Gasteiger partial charge is 0.262 e. The molecule has 2 aromatic heterocycles. The van der Waals surface area contributed by atoms with Crippen LogP contribution >= 0.6 is 11.3 Å². The molecular weight excluding hydrogens is 363 g/mol. The fourth-order valence-electron chi connectivity index (χ4n) is 2.91. The normalized spacial score (nSPS) is 11.0. The molecule has 0 radical (unpaired) electrons. The van der Waals surface area contributed by atoms with Crippen molar-refractivity contribution in [3.63, 3.8) is 0 Å². The second kappa shape index (κ2) is 7.72.